The number of sulfonamides is 1. The minimum atomic E-state index is -3.62. The lowest BCUT2D eigenvalue weighted by Crippen LogP contribution is -2.50. The van der Waals surface area contributed by atoms with E-state index in [4.69, 9.17) is 34.8 Å². The summed E-state index contributed by atoms with van der Waals surface area (Å²) in [5.41, 5.74) is 1.95. The molecule has 0 spiro atoms. The van der Waals surface area contributed by atoms with Crippen LogP contribution in [0.5, 0.6) is 0 Å². The van der Waals surface area contributed by atoms with E-state index in [0.29, 0.717) is 27.2 Å². The molecule has 0 aliphatic carbocycles. The lowest BCUT2D eigenvalue weighted by molar-refractivity contribution is -0.141. The number of nitrogens with zero attached hydrogens (tertiary/aromatic N) is 2. The maximum Gasteiger partial charge on any atom is 0.243 e. The van der Waals surface area contributed by atoms with Gasteiger partial charge in [0.15, 0.2) is 0 Å². The van der Waals surface area contributed by atoms with Crippen molar-refractivity contribution in [3.8, 4) is 0 Å². The Morgan fingerprint density at radius 2 is 1.70 bits per heavy atom. The zero-order chi connectivity index (χ0) is 27.9. The van der Waals surface area contributed by atoms with Gasteiger partial charge in [-0.15, -0.1) is 0 Å². The highest BCUT2D eigenvalue weighted by Gasteiger charge is 2.29. The van der Waals surface area contributed by atoms with Gasteiger partial charge in [0.25, 0.3) is 0 Å². The maximum atomic E-state index is 13.5. The number of nitrogens with one attached hydrogen (secondary N) is 1. The Hall–Kier alpha value is -2.00. The van der Waals surface area contributed by atoms with Gasteiger partial charge in [-0.05, 0) is 69.0 Å². The number of halogens is 3. The fourth-order valence-corrected chi connectivity index (χ4v) is 5.47. The molecule has 0 saturated heterocycles. The average Bonchev–Trinajstić information content (AvgIpc) is 2.79. The molecule has 1 atom stereocenters. The molecule has 0 aliphatic rings. The molecule has 204 valence electrons. The van der Waals surface area contributed by atoms with Crippen molar-refractivity contribution in [2.75, 3.05) is 17.1 Å². The number of hydrogen-bond donors (Lipinski definition) is 1. The van der Waals surface area contributed by atoms with Gasteiger partial charge in [0.2, 0.25) is 21.8 Å². The Bertz CT molecular complexity index is 1220. The SMILES string of the molecule is CC[C@@H](C(=O)NC(C)C)N(Cc1ccc(Cl)c(Cl)c1)C(=O)CCCN(c1cc(Cl)ccc1C)S(C)(=O)=O. The van der Waals surface area contributed by atoms with Crippen LogP contribution in [0.25, 0.3) is 0 Å². The molecule has 37 heavy (non-hydrogen) atoms. The van der Waals surface area contributed by atoms with Crippen LogP contribution in [-0.2, 0) is 26.2 Å². The van der Waals surface area contributed by atoms with Crippen LogP contribution >= 0.6 is 34.8 Å². The van der Waals surface area contributed by atoms with E-state index >= 15 is 0 Å². The molecule has 2 amide bonds. The highest BCUT2D eigenvalue weighted by atomic mass is 35.5. The lowest BCUT2D eigenvalue weighted by Gasteiger charge is -2.32. The van der Waals surface area contributed by atoms with Gasteiger partial charge in [0.1, 0.15) is 6.04 Å². The number of carbonyl (C=O) groups is 2. The molecule has 1 N–H and O–H groups in total. The fourth-order valence-electron chi connectivity index (χ4n) is 3.97. The van der Waals surface area contributed by atoms with Gasteiger partial charge < -0.3 is 10.2 Å². The van der Waals surface area contributed by atoms with Gasteiger partial charge in [-0.25, -0.2) is 8.42 Å². The third-order valence-electron chi connectivity index (χ3n) is 5.75. The summed E-state index contributed by atoms with van der Waals surface area (Å²) in [5, 5.41) is 4.05. The van der Waals surface area contributed by atoms with E-state index < -0.39 is 16.1 Å². The minimum absolute atomic E-state index is 0.0401. The van der Waals surface area contributed by atoms with E-state index in [2.05, 4.69) is 5.32 Å². The van der Waals surface area contributed by atoms with E-state index in [1.54, 1.807) is 43.3 Å². The second kappa shape index (κ2) is 13.7. The molecule has 0 bridgehead atoms. The van der Waals surface area contributed by atoms with Crippen molar-refractivity contribution in [2.45, 2.75) is 65.6 Å². The van der Waals surface area contributed by atoms with Crippen molar-refractivity contribution in [3.63, 3.8) is 0 Å². The largest absolute Gasteiger partial charge is 0.352 e. The fraction of sp³-hybridized carbons (Fsp3) is 0.462. The first-order chi connectivity index (χ1) is 17.2. The van der Waals surface area contributed by atoms with E-state index in [1.807, 2.05) is 20.8 Å². The molecule has 0 aromatic heterocycles. The van der Waals surface area contributed by atoms with Gasteiger partial charge >= 0.3 is 0 Å². The molecule has 7 nitrogen and oxygen atoms in total. The summed E-state index contributed by atoms with van der Waals surface area (Å²) >= 11 is 18.3. The molecule has 2 aromatic rings. The summed E-state index contributed by atoms with van der Waals surface area (Å²) in [6, 6.07) is 9.32. The number of carbonyl (C=O) groups excluding carboxylic acids is 2. The van der Waals surface area contributed by atoms with E-state index in [9.17, 15) is 18.0 Å². The molecule has 0 aliphatic heterocycles. The quantitative estimate of drug-likeness (QED) is 0.337. The number of amides is 2. The van der Waals surface area contributed by atoms with E-state index in [-0.39, 0.29) is 43.8 Å². The Morgan fingerprint density at radius 3 is 2.27 bits per heavy atom. The first-order valence-electron chi connectivity index (χ1n) is 12.0. The van der Waals surface area contributed by atoms with Crippen LogP contribution in [-0.4, -0.2) is 50.0 Å². The van der Waals surface area contributed by atoms with Crippen LogP contribution in [0.2, 0.25) is 15.1 Å². The highest BCUT2D eigenvalue weighted by Crippen LogP contribution is 2.27. The van der Waals surface area contributed by atoms with Crippen molar-refractivity contribution in [3.05, 3.63) is 62.6 Å². The van der Waals surface area contributed by atoms with Crippen LogP contribution in [0, 0.1) is 6.92 Å². The Kier molecular flexibility index (Phi) is 11.6. The van der Waals surface area contributed by atoms with Gasteiger partial charge in [-0.3, -0.25) is 13.9 Å². The van der Waals surface area contributed by atoms with Crippen LogP contribution < -0.4 is 9.62 Å². The number of benzene rings is 2. The van der Waals surface area contributed by atoms with Crippen molar-refractivity contribution < 1.29 is 18.0 Å². The first-order valence-corrected chi connectivity index (χ1v) is 15.0. The van der Waals surface area contributed by atoms with Crippen LogP contribution in [0.15, 0.2) is 36.4 Å². The van der Waals surface area contributed by atoms with Crippen LogP contribution in [0.3, 0.4) is 0 Å². The molecule has 2 aromatic carbocycles. The third-order valence-corrected chi connectivity index (χ3v) is 7.90. The van der Waals surface area contributed by atoms with Crippen molar-refractivity contribution >= 4 is 62.3 Å². The van der Waals surface area contributed by atoms with Gasteiger partial charge in [-0.2, -0.15) is 0 Å². The normalized spacial score (nSPS) is 12.4. The smallest absolute Gasteiger partial charge is 0.243 e. The molecule has 2 rings (SSSR count). The van der Waals surface area contributed by atoms with Crippen molar-refractivity contribution in [1.82, 2.24) is 10.2 Å². The van der Waals surface area contributed by atoms with Crippen LogP contribution in [0.4, 0.5) is 5.69 Å². The van der Waals surface area contributed by atoms with Gasteiger partial charge in [0.05, 0.1) is 22.0 Å². The van der Waals surface area contributed by atoms with Crippen molar-refractivity contribution in [1.29, 1.82) is 0 Å². The van der Waals surface area contributed by atoms with E-state index in [0.717, 1.165) is 17.4 Å². The van der Waals surface area contributed by atoms with Gasteiger partial charge in [0, 0.05) is 30.6 Å². The molecule has 0 radical (unpaired) electrons. The average molecular weight is 591 g/mol. The number of hydrogen-bond acceptors (Lipinski definition) is 4. The zero-order valence-corrected chi connectivity index (χ0v) is 24.8. The minimum Gasteiger partial charge on any atom is -0.352 e. The van der Waals surface area contributed by atoms with E-state index in [1.165, 1.54) is 9.21 Å². The van der Waals surface area contributed by atoms with Crippen molar-refractivity contribution in [2.24, 2.45) is 0 Å². The number of rotatable bonds is 12. The predicted octanol–water partition coefficient (Wildman–Crippen LogP) is 5.83. The molecule has 0 unspecified atom stereocenters. The number of anilines is 1. The summed E-state index contributed by atoms with van der Waals surface area (Å²) < 4.78 is 26.4. The Labute approximate surface area is 235 Å². The molecule has 0 fully saturated rings. The standard InChI is InChI=1S/C26H34Cl3N3O4S/c1-6-23(26(34)30-17(2)3)31(16-19-10-12-21(28)22(29)14-19)25(33)8-7-13-32(37(5,35)36)24-15-20(27)11-9-18(24)4/h9-12,14-15,17,23H,6-8,13,16H2,1-5H3,(H,30,34)/t23-/m0/s1. The topological polar surface area (TPSA) is 86.8 Å². The summed E-state index contributed by atoms with van der Waals surface area (Å²) in [7, 11) is -3.62. The predicted molar refractivity (Wildman–Crippen MR) is 152 cm³/mol. The second-order valence-corrected chi connectivity index (χ2v) is 12.4. The molecule has 11 heteroatoms. The summed E-state index contributed by atoms with van der Waals surface area (Å²) in [4.78, 5) is 28.0. The molecule has 0 heterocycles. The molecular weight excluding hydrogens is 557 g/mol. The van der Waals surface area contributed by atoms with Gasteiger partial charge in [-0.1, -0.05) is 53.9 Å². The Morgan fingerprint density at radius 1 is 1.03 bits per heavy atom. The highest BCUT2D eigenvalue weighted by molar-refractivity contribution is 7.92. The maximum absolute atomic E-state index is 13.5. The third kappa shape index (κ3) is 9.06. The summed E-state index contributed by atoms with van der Waals surface area (Å²) in [6.07, 6.45) is 1.81. The molecule has 0 saturated carbocycles. The summed E-state index contributed by atoms with van der Waals surface area (Å²) in [5.74, 6) is -0.522. The van der Waals surface area contributed by atoms with Crippen LogP contribution in [0.1, 0.15) is 51.2 Å². The first kappa shape index (κ1) is 31.2. The number of aryl methyl sites for hydroxylation is 1. The second-order valence-electron chi connectivity index (χ2n) is 9.23. The monoisotopic (exact) mass is 589 g/mol. The zero-order valence-electron chi connectivity index (χ0n) is 21.7. The molecular formula is C26H34Cl3N3O4S. The lowest BCUT2D eigenvalue weighted by atomic mass is 10.1. The summed E-state index contributed by atoms with van der Waals surface area (Å²) in [6.45, 7) is 7.59. The Balaban J connectivity index is 2.28.